The molecule has 0 saturated carbocycles. The van der Waals surface area contributed by atoms with Gasteiger partial charge in [0.15, 0.2) is 12.4 Å². The molecule has 1 N–H and O–H groups in total. The first kappa shape index (κ1) is 18.1. The first-order valence-electron chi connectivity index (χ1n) is 8.52. The fourth-order valence-electron chi connectivity index (χ4n) is 2.60. The predicted octanol–water partition coefficient (Wildman–Crippen LogP) is 3.18. The third-order valence-electron chi connectivity index (χ3n) is 3.91. The normalized spacial score (nSPS) is 10.7. The zero-order chi connectivity index (χ0) is 18.2. The zero-order valence-electron chi connectivity index (χ0n) is 14.3. The van der Waals surface area contributed by atoms with Crippen LogP contribution in [0.2, 0.25) is 5.02 Å². The molecule has 0 amide bonds. The van der Waals surface area contributed by atoms with E-state index in [-0.39, 0.29) is 0 Å². The van der Waals surface area contributed by atoms with Gasteiger partial charge in [-0.25, -0.2) is 9.97 Å². The summed E-state index contributed by atoms with van der Waals surface area (Å²) in [7, 11) is 0. The van der Waals surface area contributed by atoms with Crippen molar-refractivity contribution in [2.24, 2.45) is 0 Å². The van der Waals surface area contributed by atoms with Gasteiger partial charge in [0, 0.05) is 43.2 Å². The zero-order valence-corrected chi connectivity index (χ0v) is 15.1. The number of hydrogen-bond donors (Lipinski definition) is 1. The van der Waals surface area contributed by atoms with Gasteiger partial charge in [0.05, 0.1) is 10.7 Å². The number of aromatic nitrogens is 4. The van der Waals surface area contributed by atoms with Crippen molar-refractivity contribution in [3.05, 3.63) is 82.3 Å². The molecular weight excluding hydrogens is 350 g/mol. The van der Waals surface area contributed by atoms with E-state index in [4.69, 9.17) is 11.6 Å². The van der Waals surface area contributed by atoms with Crippen molar-refractivity contribution in [3.63, 3.8) is 0 Å². The number of rotatable bonds is 8. The van der Waals surface area contributed by atoms with Crippen LogP contribution in [0.5, 0.6) is 0 Å². The molecule has 3 aromatic heterocycles. The van der Waals surface area contributed by atoms with E-state index in [0.717, 1.165) is 52.4 Å². The minimum atomic E-state index is 0.608. The number of nitrogens with one attached hydrogen (secondary N) is 1. The summed E-state index contributed by atoms with van der Waals surface area (Å²) >= 11 is 6.10. The molecule has 3 rings (SSSR count). The number of halogens is 1. The lowest BCUT2D eigenvalue weighted by atomic mass is 10.1. The number of pyridine rings is 2. The smallest absolute Gasteiger partial charge is 0.222 e. The predicted molar refractivity (Wildman–Crippen MR) is 101 cm³/mol. The van der Waals surface area contributed by atoms with E-state index in [1.165, 1.54) is 6.20 Å². The lowest BCUT2D eigenvalue weighted by molar-refractivity contribution is -0.605. The maximum atomic E-state index is 11.3. The molecular formula is C19H20ClN5O. The first-order valence-corrected chi connectivity index (χ1v) is 8.90. The molecule has 0 bridgehead atoms. The van der Waals surface area contributed by atoms with Crippen molar-refractivity contribution in [1.29, 1.82) is 0 Å². The lowest BCUT2D eigenvalue weighted by Gasteiger charge is -2.06. The van der Waals surface area contributed by atoms with Gasteiger partial charge in [-0.15, -0.1) is 0 Å². The molecule has 0 aliphatic heterocycles. The summed E-state index contributed by atoms with van der Waals surface area (Å²) in [6.07, 6.45) is 11.8. The van der Waals surface area contributed by atoms with Crippen molar-refractivity contribution in [2.75, 3.05) is 11.9 Å². The second kappa shape index (κ2) is 9.10. The summed E-state index contributed by atoms with van der Waals surface area (Å²) in [6.45, 7) is 0.790. The van der Waals surface area contributed by atoms with Gasteiger partial charge in [0.25, 0.3) is 0 Å². The van der Waals surface area contributed by atoms with Gasteiger partial charge >= 0.3 is 0 Å². The maximum Gasteiger partial charge on any atom is 0.222 e. The number of aryl methyl sites for hydroxylation is 1. The second-order valence-electron chi connectivity index (χ2n) is 5.98. The summed E-state index contributed by atoms with van der Waals surface area (Å²) in [5, 5.41) is 15.2. The summed E-state index contributed by atoms with van der Waals surface area (Å²) < 4.78 is 0.796. The van der Waals surface area contributed by atoms with Crippen molar-refractivity contribution in [2.45, 2.75) is 25.7 Å². The maximum absolute atomic E-state index is 11.3. The Kier molecular flexibility index (Phi) is 6.33. The van der Waals surface area contributed by atoms with Crippen LogP contribution in [0.4, 0.5) is 5.95 Å². The van der Waals surface area contributed by atoms with Crippen molar-refractivity contribution in [1.82, 2.24) is 15.0 Å². The van der Waals surface area contributed by atoms with Gasteiger partial charge in [-0.1, -0.05) is 11.6 Å². The van der Waals surface area contributed by atoms with Crippen LogP contribution >= 0.6 is 11.6 Å². The van der Waals surface area contributed by atoms with Crippen molar-refractivity contribution in [3.8, 4) is 0 Å². The van der Waals surface area contributed by atoms with E-state index in [9.17, 15) is 5.21 Å². The Labute approximate surface area is 157 Å². The summed E-state index contributed by atoms with van der Waals surface area (Å²) in [6, 6.07) is 7.35. The van der Waals surface area contributed by atoms with Gasteiger partial charge in [0.2, 0.25) is 5.95 Å². The first-order chi connectivity index (χ1) is 12.7. The van der Waals surface area contributed by atoms with Gasteiger partial charge < -0.3 is 10.5 Å². The van der Waals surface area contributed by atoms with Crippen molar-refractivity contribution < 1.29 is 4.73 Å². The SMILES string of the molecule is [O-][n+]1cccc(Cc2cnc(NCCCCc3ncccc3Cl)nc2)c1. The molecule has 0 radical (unpaired) electrons. The van der Waals surface area contributed by atoms with E-state index in [2.05, 4.69) is 20.3 Å². The molecule has 3 aromatic rings. The molecule has 0 fully saturated rings. The minimum Gasteiger partial charge on any atom is -0.619 e. The Morgan fingerprint density at radius 2 is 1.88 bits per heavy atom. The monoisotopic (exact) mass is 369 g/mol. The molecule has 0 unspecified atom stereocenters. The molecule has 0 aromatic carbocycles. The Hall–Kier alpha value is -2.73. The fraction of sp³-hybridized carbons (Fsp3) is 0.263. The Morgan fingerprint density at radius 1 is 1.04 bits per heavy atom. The molecule has 3 heterocycles. The Bertz CT molecular complexity index is 841. The van der Waals surface area contributed by atoms with Crippen LogP contribution in [0.25, 0.3) is 0 Å². The highest BCUT2D eigenvalue weighted by molar-refractivity contribution is 6.31. The van der Waals surface area contributed by atoms with Gasteiger partial charge in [-0.05, 0) is 43.0 Å². The molecule has 26 heavy (non-hydrogen) atoms. The highest BCUT2D eigenvalue weighted by atomic mass is 35.5. The highest BCUT2D eigenvalue weighted by Crippen LogP contribution is 2.14. The van der Waals surface area contributed by atoms with Crippen LogP contribution in [0.15, 0.2) is 55.2 Å². The molecule has 134 valence electrons. The third-order valence-corrected chi connectivity index (χ3v) is 4.25. The molecule has 0 spiro atoms. The van der Waals surface area contributed by atoms with E-state index < -0.39 is 0 Å². The lowest BCUT2D eigenvalue weighted by Crippen LogP contribution is -2.24. The Balaban J connectivity index is 1.41. The molecule has 0 aliphatic carbocycles. The average Bonchev–Trinajstić information content (AvgIpc) is 2.64. The molecule has 0 saturated heterocycles. The number of anilines is 1. The van der Waals surface area contributed by atoms with E-state index >= 15 is 0 Å². The van der Waals surface area contributed by atoms with Crippen LogP contribution in [0, 0.1) is 5.21 Å². The number of hydrogen-bond acceptors (Lipinski definition) is 5. The van der Waals surface area contributed by atoms with Gasteiger partial charge in [-0.2, -0.15) is 4.73 Å². The Morgan fingerprint density at radius 3 is 2.65 bits per heavy atom. The highest BCUT2D eigenvalue weighted by Gasteiger charge is 2.03. The van der Waals surface area contributed by atoms with Gasteiger partial charge in [-0.3, -0.25) is 4.98 Å². The molecule has 0 atom stereocenters. The average molecular weight is 370 g/mol. The molecule has 7 heteroatoms. The van der Waals surface area contributed by atoms with Crippen LogP contribution in [0.1, 0.15) is 29.7 Å². The fourth-order valence-corrected chi connectivity index (χ4v) is 2.81. The van der Waals surface area contributed by atoms with E-state index in [0.29, 0.717) is 12.4 Å². The summed E-state index contributed by atoms with van der Waals surface area (Å²) in [5.41, 5.74) is 2.83. The molecule has 6 nitrogen and oxygen atoms in total. The second-order valence-corrected chi connectivity index (χ2v) is 6.39. The van der Waals surface area contributed by atoms with Crippen LogP contribution in [-0.4, -0.2) is 21.5 Å². The summed E-state index contributed by atoms with van der Waals surface area (Å²) in [4.78, 5) is 12.9. The van der Waals surface area contributed by atoms with E-state index in [1.54, 1.807) is 30.9 Å². The minimum absolute atomic E-state index is 0.608. The van der Waals surface area contributed by atoms with Crippen molar-refractivity contribution >= 4 is 17.5 Å². The summed E-state index contributed by atoms with van der Waals surface area (Å²) in [5.74, 6) is 0.608. The van der Waals surface area contributed by atoms with E-state index in [1.807, 2.05) is 18.2 Å². The number of unbranched alkanes of at least 4 members (excludes halogenated alkanes) is 1. The largest absolute Gasteiger partial charge is 0.619 e. The molecule has 0 aliphatic rings. The van der Waals surface area contributed by atoms with Crippen LogP contribution in [0.3, 0.4) is 0 Å². The van der Waals surface area contributed by atoms with Crippen LogP contribution in [-0.2, 0) is 12.8 Å². The number of nitrogens with zero attached hydrogens (tertiary/aromatic N) is 4. The van der Waals surface area contributed by atoms with Gasteiger partial charge in [0.1, 0.15) is 0 Å². The third kappa shape index (κ3) is 5.39. The van der Waals surface area contributed by atoms with Crippen LogP contribution < -0.4 is 10.0 Å². The topological polar surface area (TPSA) is 77.6 Å². The quantitative estimate of drug-likeness (QED) is 0.375. The standard InChI is InChI=1S/C19H20ClN5O/c20-17-6-3-9-21-18(17)7-1-2-8-22-19-23-12-16(13-24-19)11-15-5-4-10-25(26)14-15/h3-6,9-10,12-14H,1-2,7-8,11H2,(H,22,23,24).